The summed E-state index contributed by atoms with van der Waals surface area (Å²) < 4.78 is 13.8. The molecule has 2 nitrogen and oxygen atoms in total. The Balaban J connectivity index is 1.71. The fourth-order valence-corrected chi connectivity index (χ4v) is 2.64. The predicted molar refractivity (Wildman–Crippen MR) is 76.1 cm³/mol. The largest absolute Gasteiger partial charge is 0.311 e. The van der Waals surface area contributed by atoms with Crippen LogP contribution in [-0.4, -0.2) is 30.6 Å². The number of nitrogens with one attached hydrogen (secondary N) is 1. The third kappa shape index (κ3) is 4.04. The Kier molecular flexibility index (Phi) is 5.15. The van der Waals surface area contributed by atoms with Crippen LogP contribution in [0.4, 0.5) is 4.39 Å². The predicted octanol–water partition coefficient (Wildman–Crippen LogP) is 3.16. The lowest BCUT2D eigenvalue weighted by molar-refractivity contribution is 0.277. The van der Waals surface area contributed by atoms with Gasteiger partial charge in [0.05, 0.1) is 0 Å². The van der Waals surface area contributed by atoms with Crippen LogP contribution in [-0.2, 0) is 6.54 Å². The van der Waals surface area contributed by atoms with Crippen molar-refractivity contribution in [3.05, 3.63) is 34.1 Å². The number of halogens is 2. The quantitative estimate of drug-likeness (QED) is 0.778. The number of likely N-dealkylation sites (N-methyl/N-ethyl adjacent to an activating group) is 1. The van der Waals surface area contributed by atoms with E-state index in [0.29, 0.717) is 0 Å². The molecular formula is C14H20BrFN2. The molecule has 2 rings (SSSR count). The van der Waals surface area contributed by atoms with Crippen molar-refractivity contribution in [3.8, 4) is 0 Å². The zero-order valence-electron chi connectivity index (χ0n) is 10.8. The SMILES string of the molecule is CCN(CCNCc1ccc(F)cc1Br)C1CC1. The summed E-state index contributed by atoms with van der Waals surface area (Å²) in [5.41, 5.74) is 1.10. The molecule has 0 unspecified atom stereocenters. The van der Waals surface area contributed by atoms with Crippen molar-refractivity contribution >= 4 is 15.9 Å². The second-order valence-corrected chi connectivity index (χ2v) is 5.63. The van der Waals surface area contributed by atoms with Crippen LogP contribution in [0.25, 0.3) is 0 Å². The van der Waals surface area contributed by atoms with E-state index in [9.17, 15) is 4.39 Å². The van der Waals surface area contributed by atoms with Crippen molar-refractivity contribution < 1.29 is 4.39 Å². The van der Waals surface area contributed by atoms with Gasteiger partial charge in [-0.2, -0.15) is 0 Å². The Morgan fingerprint density at radius 1 is 1.44 bits per heavy atom. The fraction of sp³-hybridized carbons (Fsp3) is 0.571. The van der Waals surface area contributed by atoms with E-state index in [1.54, 1.807) is 0 Å². The van der Waals surface area contributed by atoms with Gasteiger partial charge in [0.25, 0.3) is 0 Å². The maximum atomic E-state index is 12.9. The van der Waals surface area contributed by atoms with Crippen LogP contribution in [0.2, 0.25) is 0 Å². The van der Waals surface area contributed by atoms with Gasteiger partial charge in [-0.1, -0.05) is 28.9 Å². The lowest BCUT2D eigenvalue weighted by atomic mass is 10.2. The average Bonchev–Trinajstić information content (AvgIpc) is 3.16. The molecule has 0 aromatic heterocycles. The van der Waals surface area contributed by atoms with Crippen LogP contribution < -0.4 is 5.32 Å². The van der Waals surface area contributed by atoms with E-state index >= 15 is 0 Å². The summed E-state index contributed by atoms with van der Waals surface area (Å²) in [5.74, 6) is -0.198. The van der Waals surface area contributed by atoms with Crippen LogP contribution in [0.3, 0.4) is 0 Å². The van der Waals surface area contributed by atoms with Crippen LogP contribution in [0.15, 0.2) is 22.7 Å². The minimum atomic E-state index is -0.198. The van der Waals surface area contributed by atoms with Crippen molar-refractivity contribution in [1.29, 1.82) is 0 Å². The summed E-state index contributed by atoms with van der Waals surface area (Å²) in [4.78, 5) is 2.52. The molecule has 0 radical (unpaired) electrons. The summed E-state index contributed by atoms with van der Waals surface area (Å²) >= 11 is 3.38. The first-order chi connectivity index (χ1) is 8.70. The van der Waals surface area contributed by atoms with Crippen molar-refractivity contribution in [3.63, 3.8) is 0 Å². The van der Waals surface area contributed by atoms with Crippen molar-refractivity contribution in [2.24, 2.45) is 0 Å². The molecule has 1 aromatic carbocycles. The Morgan fingerprint density at radius 2 is 2.22 bits per heavy atom. The molecule has 1 N–H and O–H groups in total. The molecule has 0 amide bonds. The van der Waals surface area contributed by atoms with Gasteiger partial charge in [0.1, 0.15) is 5.82 Å². The number of hydrogen-bond acceptors (Lipinski definition) is 2. The lowest BCUT2D eigenvalue weighted by Gasteiger charge is -2.19. The standard InChI is InChI=1S/C14H20BrFN2/c1-2-18(13-5-6-13)8-7-17-10-11-3-4-12(16)9-14(11)15/h3-4,9,13,17H,2,5-8,10H2,1H3. The molecule has 1 saturated carbocycles. The molecule has 1 aromatic rings. The number of hydrogen-bond donors (Lipinski definition) is 1. The molecule has 1 fully saturated rings. The normalized spacial score (nSPS) is 15.3. The zero-order chi connectivity index (χ0) is 13.0. The molecular weight excluding hydrogens is 295 g/mol. The smallest absolute Gasteiger partial charge is 0.124 e. The lowest BCUT2D eigenvalue weighted by Crippen LogP contribution is -2.33. The van der Waals surface area contributed by atoms with E-state index in [2.05, 4.69) is 33.1 Å². The molecule has 4 heteroatoms. The summed E-state index contributed by atoms with van der Waals surface area (Å²) in [5, 5.41) is 3.42. The Labute approximate surface area is 117 Å². The van der Waals surface area contributed by atoms with Crippen LogP contribution in [0.5, 0.6) is 0 Å². The number of nitrogens with zero attached hydrogens (tertiary/aromatic N) is 1. The van der Waals surface area contributed by atoms with E-state index in [4.69, 9.17) is 0 Å². The van der Waals surface area contributed by atoms with Gasteiger partial charge in [-0.15, -0.1) is 0 Å². The van der Waals surface area contributed by atoms with E-state index in [0.717, 1.165) is 42.3 Å². The Morgan fingerprint density at radius 3 is 2.83 bits per heavy atom. The van der Waals surface area contributed by atoms with Crippen molar-refractivity contribution in [2.45, 2.75) is 32.4 Å². The Hall–Kier alpha value is -0.450. The molecule has 100 valence electrons. The van der Waals surface area contributed by atoms with E-state index in [1.807, 2.05) is 6.07 Å². The molecule has 0 bridgehead atoms. The van der Waals surface area contributed by atoms with Crippen LogP contribution in [0, 0.1) is 5.82 Å². The highest BCUT2D eigenvalue weighted by Crippen LogP contribution is 2.25. The molecule has 1 aliphatic carbocycles. The molecule has 0 spiro atoms. The van der Waals surface area contributed by atoms with Gasteiger partial charge >= 0.3 is 0 Å². The average molecular weight is 315 g/mol. The highest BCUT2D eigenvalue weighted by molar-refractivity contribution is 9.10. The summed E-state index contributed by atoms with van der Waals surface area (Å²) in [6.07, 6.45) is 2.72. The molecule has 0 aliphatic heterocycles. The van der Waals surface area contributed by atoms with E-state index in [-0.39, 0.29) is 5.82 Å². The first-order valence-corrected chi connectivity index (χ1v) is 7.38. The summed E-state index contributed by atoms with van der Waals surface area (Å²) in [7, 11) is 0. The van der Waals surface area contributed by atoms with Gasteiger partial charge in [-0.3, -0.25) is 4.90 Å². The molecule has 0 saturated heterocycles. The molecule has 18 heavy (non-hydrogen) atoms. The summed E-state index contributed by atoms with van der Waals surface area (Å²) in [6.45, 7) is 6.21. The van der Waals surface area contributed by atoms with Crippen LogP contribution in [0.1, 0.15) is 25.3 Å². The molecule has 1 aliphatic rings. The highest BCUT2D eigenvalue weighted by atomic mass is 79.9. The third-order valence-electron chi connectivity index (χ3n) is 3.38. The van der Waals surface area contributed by atoms with Gasteiger partial charge in [-0.05, 0) is 37.1 Å². The highest BCUT2D eigenvalue weighted by Gasteiger charge is 2.26. The third-order valence-corrected chi connectivity index (χ3v) is 4.11. The van der Waals surface area contributed by atoms with Gasteiger partial charge in [0.15, 0.2) is 0 Å². The zero-order valence-corrected chi connectivity index (χ0v) is 12.3. The maximum absolute atomic E-state index is 12.9. The van der Waals surface area contributed by atoms with Gasteiger partial charge in [0, 0.05) is 30.1 Å². The molecule has 0 atom stereocenters. The van der Waals surface area contributed by atoms with Gasteiger partial charge in [0.2, 0.25) is 0 Å². The topological polar surface area (TPSA) is 15.3 Å². The minimum absolute atomic E-state index is 0.198. The van der Waals surface area contributed by atoms with Gasteiger partial charge < -0.3 is 5.32 Å². The monoisotopic (exact) mass is 314 g/mol. The van der Waals surface area contributed by atoms with Gasteiger partial charge in [-0.25, -0.2) is 4.39 Å². The molecule has 0 heterocycles. The fourth-order valence-electron chi connectivity index (χ4n) is 2.15. The van der Waals surface area contributed by atoms with E-state index < -0.39 is 0 Å². The Bertz CT molecular complexity index is 393. The first-order valence-electron chi connectivity index (χ1n) is 6.59. The first kappa shape index (κ1) is 14.0. The minimum Gasteiger partial charge on any atom is -0.311 e. The maximum Gasteiger partial charge on any atom is 0.124 e. The summed E-state index contributed by atoms with van der Waals surface area (Å²) in [6, 6.07) is 5.67. The van der Waals surface area contributed by atoms with Crippen molar-refractivity contribution in [1.82, 2.24) is 10.2 Å². The van der Waals surface area contributed by atoms with E-state index in [1.165, 1.54) is 25.0 Å². The second-order valence-electron chi connectivity index (χ2n) is 4.77. The van der Waals surface area contributed by atoms with Crippen molar-refractivity contribution in [2.75, 3.05) is 19.6 Å². The second kappa shape index (κ2) is 6.64. The number of rotatable bonds is 7. The number of benzene rings is 1. The van der Waals surface area contributed by atoms with Crippen LogP contribution >= 0.6 is 15.9 Å².